The van der Waals surface area contributed by atoms with Crippen molar-refractivity contribution in [3.63, 3.8) is 0 Å². The van der Waals surface area contributed by atoms with Crippen LogP contribution in [-0.4, -0.2) is 25.2 Å². The van der Waals surface area contributed by atoms with Crippen LogP contribution in [0.5, 0.6) is 5.75 Å². The second-order valence-electron chi connectivity index (χ2n) is 4.13. The molecule has 1 rings (SSSR count). The van der Waals surface area contributed by atoms with Crippen molar-refractivity contribution in [2.24, 2.45) is 5.73 Å². The predicted molar refractivity (Wildman–Crippen MR) is 70.4 cm³/mol. The van der Waals surface area contributed by atoms with E-state index in [1.54, 1.807) is 0 Å². The van der Waals surface area contributed by atoms with Crippen molar-refractivity contribution in [2.75, 3.05) is 13.2 Å². The lowest BCUT2D eigenvalue weighted by Gasteiger charge is -2.10. The average molecular weight is 251 g/mol. The minimum Gasteiger partial charge on any atom is -0.490 e. The highest BCUT2D eigenvalue weighted by molar-refractivity contribution is 5.70. The molecule has 1 unspecified atom stereocenters. The summed E-state index contributed by atoms with van der Waals surface area (Å²) in [5.41, 5.74) is 5.75. The average Bonchev–Trinajstić information content (AvgIpc) is 2.36. The maximum Gasteiger partial charge on any atom is 0.307 e. The molecular weight excluding hydrogens is 230 g/mol. The van der Waals surface area contributed by atoms with E-state index in [1.165, 1.54) is 0 Å². The van der Waals surface area contributed by atoms with Gasteiger partial charge in [0.25, 0.3) is 0 Å². The van der Waals surface area contributed by atoms with Gasteiger partial charge in [-0.3, -0.25) is 4.79 Å². The quantitative estimate of drug-likeness (QED) is 0.568. The van der Waals surface area contributed by atoms with Gasteiger partial charge in [0.1, 0.15) is 19.0 Å². The number of esters is 1. The van der Waals surface area contributed by atoms with Gasteiger partial charge in [-0.05, 0) is 18.6 Å². The molecule has 0 heterocycles. The molecule has 18 heavy (non-hydrogen) atoms. The lowest BCUT2D eigenvalue weighted by atomic mass is 10.1. The Kier molecular flexibility index (Phi) is 6.87. The highest BCUT2D eigenvalue weighted by Gasteiger charge is 2.09. The van der Waals surface area contributed by atoms with Gasteiger partial charge in [-0.25, -0.2) is 0 Å². The maximum absolute atomic E-state index is 11.4. The third-order valence-corrected chi connectivity index (χ3v) is 2.45. The number of carbonyl (C=O) groups excluding carboxylic acids is 1. The first-order chi connectivity index (χ1) is 8.72. The summed E-state index contributed by atoms with van der Waals surface area (Å²) in [7, 11) is 0. The number of benzene rings is 1. The molecule has 4 heteroatoms. The van der Waals surface area contributed by atoms with Crippen LogP contribution in [-0.2, 0) is 9.53 Å². The van der Waals surface area contributed by atoms with Crippen LogP contribution in [0.3, 0.4) is 0 Å². The molecule has 1 aromatic carbocycles. The Morgan fingerprint density at radius 2 is 2.00 bits per heavy atom. The highest BCUT2D eigenvalue weighted by Crippen LogP contribution is 2.07. The molecule has 100 valence electrons. The van der Waals surface area contributed by atoms with E-state index in [0.717, 1.165) is 18.6 Å². The molecule has 0 aliphatic rings. The van der Waals surface area contributed by atoms with Gasteiger partial charge >= 0.3 is 5.97 Å². The Hall–Kier alpha value is -1.55. The second-order valence-corrected chi connectivity index (χ2v) is 4.13. The molecule has 0 radical (unpaired) electrons. The fourth-order valence-electron chi connectivity index (χ4n) is 1.58. The third kappa shape index (κ3) is 6.25. The molecule has 0 bridgehead atoms. The van der Waals surface area contributed by atoms with Crippen molar-refractivity contribution in [1.82, 2.24) is 0 Å². The molecule has 0 saturated heterocycles. The number of ether oxygens (including phenoxy) is 2. The topological polar surface area (TPSA) is 61.6 Å². The zero-order valence-electron chi connectivity index (χ0n) is 10.8. The van der Waals surface area contributed by atoms with Crippen molar-refractivity contribution in [3.8, 4) is 5.75 Å². The van der Waals surface area contributed by atoms with Crippen molar-refractivity contribution >= 4 is 5.97 Å². The van der Waals surface area contributed by atoms with Gasteiger partial charge in [-0.2, -0.15) is 0 Å². The summed E-state index contributed by atoms with van der Waals surface area (Å²) in [6, 6.07) is 9.33. The van der Waals surface area contributed by atoms with Crippen LogP contribution in [0.25, 0.3) is 0 Å². The van der Waals surface area contributed by atoms with Crippen LogP contribution in [0, 0.1) is 0 Å². The summed E-state index contributed by atoms with van der Waals surface area (Å²) in [5, 5.41) is 0. The SMILES string of the molecule is CCCC(N)CC(=O)OCCOc1ccccc1. The minimum absolute atomic E-state index is 0.0995. The van der Waals surface area contributed by atoms with Gasteiger partial charge in [0.05, 0.1) is 6.42 Å². The fraction of sp³-hybridized carbons (Fsp3) is 0.500. The van der Waals surface area contributed by atoms with Crippen molar-refractivity contribution in [2.45, 2.75) is 32.2 Å². The van der Waals surface area contributed by atoms with E-state index in [4.69, 9.17) is 15.2 Å². The standard InChI is InChI=1S/C14H21NO3/c1-2-6-12(15)11-14(16)18-10-9-17-13-7-4-3-5-8-13/h3-5,7-8,12H,2,6,9-11,15H2,1H3. The molecule has 0 spiro atoms. The molecule has 0 saturated carbocycles. The van der Waals surface area contributed by atoms with Gasteiger partial charge < -0.3 is 15.2 Å². The molecule has 0 aromatic heterocycles. The van der Waals surface area contributed by atoms with Gasteiger partial charge in [0, 0.05) is 6.04 Å². The molecule has 1 aromatic rings. The van der Waals surface area contributed by atoms with E-state index in [2.05, 4.69) is 0 Å². The summed E-state index contributed by atoms with van der Waals surface area (Å²) in [4.78, 5) is 11.4. The number of nitrogens with two attached hydrogens (primary N) is 1. The van der Waals surface area contributed by atoms with E-state index in [9.17, 15) is 4.79 Å². The Balaban J connectivity index is 2.09. The van der Waals surface area contributed by atoms with Crippen LogP contribution in [0.4, 0.5) is 0 Å². The summed E-state index contributed by atoms with van der Waals surface area (Å²) in [6.07, 6.45) is 2.10. The number of rotatable bonds is 8. The summed E-state index contributed by atoms with van der Waals surface area (Å²) >= 11 is 0. The Labute approximate surface area is 108 Å². The van der Waals surface area contributed by atoms with Crippen molar-refractivity contribution in [3.05, 3.63) is 30.3 Å². The fourth-order valence-corrected chi connectivity index (χ4v) is 1.58. The summed E-state index contributed by atoms with van der Waals surface area (Å²) in [6.45, 7) is 2.66. The Morgan fingerprint density at radius 3 is 2.67 bits per heavy atom. The zero-order chi connectivity index (χ0) is 13.2. The van der Waals surface area contributed by atoms with Crippen LogP contribution >= 0.6 is 0 Å². The highest BCUT2D eigenvalue weighted by atomic mass is 16.6. The molecular formula is C14H21NO3. The van der Waals surface area contributed by atoms with Gasteiger partial charge in [0.15, 0.2) is 0 Å². The van der Waals surface area contributed by atoms with Crippen LogP contribution in [0.15, 0.2) is 30.3 Å². The van der Waals surface area contributed by atoms with Crippen LogP contribution in [0.1, 0.15) is 26.2 Å². The number of hydrogen-bond acceptors (Lipinski definition) is 4. The van der Waals surface area contributed by atoms with E-state index < -0.39 is 0 Å². The largest absolute Gasteiger partial charge is 0.490 e. The first-order valence-corrected chi connectivity index (χ1v) is 6.31. The first-order valence-electron chi connectivity index (χ1n) is 6.31. The third-order valence-electron chi connectivity index (χ3n) is 2.45. The lowest BCUT2D eigenvalue weighted by molar-refractivity contribution is -0.144. The van der Waals surface area contributed by atoms with Gasteiger partial charge in [0.2, 0.25) is 0 Å². The number of carbonyl (C=O) groups is 1. The maximum atomic E-state index is 11.4. The molecule has 0 aliphatic heterocycles. The van der Waals surface area contributed by atoms with E-state index >= 15 is 0 Å². The molecule has 4 nitrogen and oxygen atoms in total. The minimum atomic E-state index is -0.257. The van der Waals surface area contributed by atoms with Gasteiger partial charge in [-0.15, -0.1) is 0 Å². The Morgan fingerprint density at radius 1 is 1.28 bits per heavy atom. The monoisotopic (exact) mass is 251 g/mol. The van der Waals surface area contributed by atoms with Crippen molar-refractivity contribution < 1.29 is 14.3 Å². The number of hydrogen-bond donors (Lipinski definition) is 1. The van der Waals surface area contributed by atoms with E-state index in [-0.39, 0.29) is 25.0 Å². The normalized spacial score (nSPS) is 11.9. The first kappa shape index (κ1) is 14.5. The molecule has 0 amide bonds. The molecule has 2 N–H and O–H groups in total. The summed E-state index contributed by atoms with van der Waals surface area (Å²) < 4.78 is 10.4. The molecule has 1 atom stereocenters. The van der Waals surface area contributed by atoms with Crippen molar-refractivity contribution in [1.29, 1.82) is 0 Å². The van der Waals surface area contributed by atoms with Crippen LogP contribution < -0.4 is 10.5 Å². The smallest absolute Gasteiger partial charge is 0.307 e. The second kappa shape index (κ2) is 8.53. The Bertz CT molecular complexity index is 340. The predicted octanol–water partition coefficient (Wildman–Crippen LogP) is 2.13. The van der Waals surface area contributed by atoms with Crippen LogP contribution in [0.2, 0.25) is 0 Å². The zero-order valence-corrected chi connectivity index (χ0v) is 10.8. The van der Waals surface area contributed by atoms with E-state index in [1.807, 2.05) is 37.3 Å². The lowest BCUT2D eigenvalue weighted by Crippen LogP contribution is -2.25. The molecule has 0 aliphatic carbocycles. The van der Waals surface area contributed by atoms with Gasteiger partial charge in [-0.1, -0.05) is 31.5 Å². The number of para-hydroxylation sites is 1. The summed E-state index contributed by atoms with van der Waals surface area (Å²) in [5.74, 6) is 0.517. The van der Waals surface area contributed by atoms with E-state index in [0.29, 0.717) is 6.61 Å². The molecule has 0 fully saturated rings.